The van der Waals surface area contributed by atoms with Crippen LogP contribution in [0.5, 0.6) is 0 Å². The molecule has 0 aromatic carbocycles. The van der Waals surface area contributed by atoms with Crippen LogP contribution in [0.25, 0.3) is 0 Å². The van der Waals surface area contributed by atoms with Crippen molar-refractivity contribution < 1.29 is 4.79 Å². The Morgan fingerprint density at radius 1 is 1.27 bits per heavy atom. The van der Waals surface area contributed by atoms with Gasteiger partial charge in [-0.05, 0) is 31.4 Å². The van der Waals surface area contributed by atoms with Crippen molar-refractivity contribution in [3.63, 3.8) is 0 Å². The summed E-state index contributed by atoms with van der Waals surface area (Å²) in [5.74, 6) is 2.28. The average molecular weight is 355 g/mol. The highest BCUT2D eigenvalue weighted by molar-refractivity contribution is 5.94. The van der Waals surface area contributed by atoms with Gasteiger partial charge in [0, 0.05) is 43.6 Å². The summed E-state index contributed by atoms with van der Waals surface area (Å²) in [5.41, 5.74) is 0.604. The molecular formula is C20H29N5O. The van der Waals surface area contributed by atoms with Gasteiger partial charge >= 0.3 is 0 Å². The molecule has 1 fully saturated rings. The number of nitrogens with one attached hydrogen (secondary N) is 2. The van der Waals surface area contributed by atoms with Gasteiger partial charge in [-0.1, -0.05) is 26.7 Å². The van der Waals surface area contributed by atoms with Crippen molar-refractivity contribution in [3.05, 3.63) is 42.1 Å². The van der Waals surface area contributed by atoms with Gasteiger partial charge in [-0.2, -0.15) is 0 Å². The number of pyridine rings is 1. The SMILES string of the molecule is CC(C)c1nccn1CCCNC(=O)c1ccc(NC2CCCC2)nc1. The first-order valence-electron chi connectivity index (χ1n) is 9.65. The normalized spacial score (nSPS) is 14.7. The maximum atomic E-state index is 12.2. The number of aryl methyl sites for hydroxylation is 1. The highest BCUT2D eigenvalue weighted by atomic mass is 16.1. The quantitative estimate of drug-likeness (QED) is 0.710. The van der Waals surface area contributed by atoms with Crippen LogP contribution in [0.4, 0.5) is 5.82 Å². The molecule has 0 atom stereocenters. The maximum absolute atomic E-state index is 12.2. The van der Waals surface area contributed by atoms with Gasteiger partial charge in [-0.25, -0.2) is 9.97 Å². The molecule has 0 unspecified atom stereocenters. The average Bonchev–Trinajstić information content (AvgIpc) is 3.31. The molecule has 1 amide bonds. The number of aromatic nitrogens is 3. The van der Waals surface area contributed by atoms with Gasteiger partial charge in [0.1, 0.15) is 11.6 Å². The Bertz CT molecular complexity index is 701. The largest absolute Gasteiger partial charge is 0.367 e. The summed E-state index contributed by atoms with van der Waals surface area (Å²) < 4.78 is 2.15. The molecule has 1 saturated carbocycles. The number of carbonyl (C=O) groups is 1. The Morgan fingerprint density at radius 3 is 2.77 bits per heavy atom. The molecule has 6 nitrogen and oxygen atoms in total. The predicted molar refractivity (Wildman–Crippen MR) is 103 cm³/mol. The van der Waals surface area contributed by atoms with Crippen molar-refractivity contribution in [2.24, 2.45) is 0 Å². The third kappa shape index (κ3) is 4.84. The summed E-state index contributed by atoms with van der Waals surface area (Å²) in [6, 6.07) is 4.26. The monoisotopic (exact) mass is 355 g/mol. The van der Waals surface area contributed by atoms with E-state index < -0.39 is 0 Å². The van der Waals surface area contributed by atoms with Gasteiger partial charge in [0.25, 0.3) is 5.91 Å². The van der Waals surface area contributed by atoms with E-state index in [-0.39, 0.29) is 5.91 Å². The molecule has 0 aliphatic heterocycles. The molecule has 26 heavy (non-hydrogen) atoms. The molecule has 140 valence electrons. The molecule has 6 heteroatoms. The number of carbonyl (C=O) groups excluding carboxylic acids is 1. The van der Waals surface area contributed by atoms with Crippen molar-refractivity contribution in [1.82, 2.24) is 19.9 Å². The number of nitrogens with zero attached hydrogens (tertiary/aromatic N) is 3. The fourth-order valence-electron chi connectivity index (χ4n) is 3.46. The lowest BCUT2D eigenvalue weighted by atomic mass is 10.2. The predicted octanol–water partition coefficient (Wildman–Crippen LogP) is 3.58. The zero-order valence-corrected chi connectivity index (χ0v) is 15.7. The Kier molecular flexibility index (Phi) is 6.26. The zero-order valence-electron chi connectivity index (χ0n) is 15.7. The van der Waals surface area contributed by atoms with E-state index in [4.69, 9.17) is 0 Å². The van der Waals surface area contributed by atoms with E-state index >= 15 is 0 Å². The fourth-order valence-corrected chi connectivity index (χ4v) is 3.46. The van der Waals surface area contributed by atoms with Gasteiger partial charge < -0.3 is 15.2 Å². The van der Waals surface area contributed by atoms with Gasteiger partial charge in [0.2, 0.25) is 0 Å². The number of imidazole rings is 1. The first-order valence-corrected chi connectivity index (χ1v) is 9.65. The summed E-state index contributed by atoms with van der Waals surface area (Å²) >= 11 is 0. The van der Waals surface area contributed by atoms with Crippen LogP contribution in [0.15, 0.2) is 30.7 Å². The lowest BCUT2D eigenvalue weighted by Crippen LogP contribution is -2.25. The second kappa shape index (κ2) is 8.83. The molecule has 2 N–H and O–H groups in total. The van der Waals surface area contributed by atoms with Crippen LogP contribution in [0.2, 0.25) is 0 Å². The molecule has 1 aliphatic rings. The van der Waals surface area contributed by atoms with E-state index in [0.29, 0.717) is 24.1 Å². The van der Waals surface area contributed by atoms with Crippen LogP contribution in [0.3, 0.4) is 0 Å². The summed E-state index contributed by atoms with van der Waals surface area (Å²) in [6.45, 7) is 5.77. The Labute approximate surface area is 155 Å². The van der Waals surface area contributed by atoms with E-state index in [2.05, 4.69) is 39.0 Å². The number of amides is 1. The van der Waals surface area contributed by atoms with Crippen LogP contribution in [0, 0.1) is 0 Å². The van der Waals surface area contributed by atoms with Gasteiger partial charge in [-0.15, -0.1) is 0 Å². The zero-order chi connectivity index (χ0) is 18.4. The first kappa shape index (κ1) is 18.4. The minimum atomic E-state index is -0.0698. The standard InChI is InChI=1S/C20H29N5O/c1-15(2)19-21-11-13-25(19)12-5-10-22-20(26)16-8-9-18(23-14-16)24-17-6-3-4-7-17/h8-9,11,13-15,17H,3-7,10,12H2,1-2H3,(H,22,26)(H,23,24). The van der Waals surface area contributed by atoms with Crippen molar-refractivity contribution >= 4 is 11.7 Å². The summed E-state index contributed by atoms with van der Waals surface area (Å²) in [7, 11) is 0. The second-order valence-corrected chi connectivity index (χ2v) is 7.30. The summed E-state index contributed by atoms with van der Waals surface area (Å²) in [4.78, 5) is 21.0. The van der Waals surface area contributed by atoms with E-state index in [1.807, 2.05) is 24.5 Å². The van der Waals surface area contributed by atoms with Crippen LogP contribution in [0.1, 0.15) is 68.1 Å². The minimum Gasteiger partial charge on any atom is -0.367 e. The van der Waals surface area contributed by atoms with Crippen LogP contribution < -0.4 is 10.6 Å². The van der Waals surface area contributed by atoms with Crippen LogP contribution >= 0.6 is 0 Å². The van der Waals surface area contributed by atoms with Crippen LogP contribution in [-0.2, 0) is 6.54 Å². The number of hydrogen-bond donors (Lipinski definition) is 2. The third-order valence-electron chi connectivity index (χ3n) is 4.86. The van der Waals surface area contributed by atoms with Crippen molar-refractivity contribution in [2.45, 2.75) is 64.5 Å². The Morgan fingerprint density at radius 2 is 2.08 bits per heavy atom. The van der Waals surface area contributed by atoms with Gasteiger partial charge in [0.15, 0.2) is 0 Å². The van der Waals surface area contributed by atoms with E-state index in [9.17, 15) is 4.79 Å². The first-order chi connectivity index (χ1) is 12.6. The van der Waals surface area contributed by atoms with E-state index in [1.165, 1.54) is 25.7 Å². The Balaban J connectivity index is 1.42. The van der Waals surface area contributed by atoms with Crippen molar-refractivity contribution in [2.75, 3.05) is 11.9 Å². The van der Waals surface area contributed by atoms with E-state index in [1.54, 1.807) is 6.20 Å². The van der Waals surface area contributed by atoms with Crippen molar-refractivity contribution in [3.8, 4) is 0 Å². The second-order valence-electron chi connectivity index (χ2n) is 7.30. The van der Waals surface area contributed by atoms with E-state index in [0.717, 1.165) is 24.6 Å². The fraction of sp³-hybridized carbons (Fsp3) is 0.550. The third-order valence-corrected chi connectivity index (χ3v) is 4.86. The van der Waals surface area contributed by atoms with Crippen LogP contribution in [-0.4, -0.2) is 33.0 Å². The molecule has 0 spiro atoms. The lowest BCUT2D eigenvalue weighted by molar-refractivity contribution is 0.0952. The number of anilines is 1. The molecule has 3 rings (SSSR count). The van der Waals surface area contributed by atoms with Gasteiger partial charge in [0.05, 0.1) is 5.56 Å². The Hall–Kier alpha value is -2.37. The molecule has 0 radical (unpaired) electrons. The summed E-state index contributed by atoms with van der Waals surface area (Å²) in [5, 5.41) is 6.41. The molecule has 0 saturated heterocycles. The number of rotatable bonds is 8. The highest BCUT2D eigenvalue weighted by Gasteiger charge is 2.15. The minimum absolute atomic E-state index is 0.0698. The molecule has 1 aliphatic carbocycles. The molecule has 2 aromatic heterocycles. The lowest BCUT2D eigenvalue weighted by Gasteiger charge is -2.13. The molecule has 2 aromatic rings. The number of hydrogen-bond acceptors (Lipinski definition) is 4. The molecule has 0 bridgehead atoms. The smallest absolute Gasteiger partial charge is 0.252 e. The summed E-state index contributed by atoms with van der Waals surface area (Å²) in [6.07, 6.45) is 11.3. The van der Waals surface area contributed by atoms with Gasteiger partial charge in [-0.3, -0.25) is 4.79 Å². The topological polar surface area (TPSA) is 71.8 Å². The molecule has 2 heterocycles. The highest BCUT2D eigenvalue weighted by Crippen LogP contribution is 2.21. The van der Waals surface area contributed by atoms with Crippen molar-refractivity contribution in [1.29, 1.82) is 0 Å². The maximum Gasteiger partial charge on any atom is 0.252 e. The molecular weight excluding hydrogens is 326 g/mol.